The average Bonchev–Trinajstić information content (AvgIpc) is 3.41. The third kappa shape index (κ3) is 2.80. The molecule has 5 heteroatoms. The second-order valence-corrected chi connectivity index (χ2v) is 8.75. The Labute approximate surface area is 173 Å². The third-order valence-electron chi connectivity index (χ3n) is 6.03. The topological polar surface area (TPSA) is 49.0 Å². The number of nitrogens with zero attached hydrogens (tertiary/aromatic N) is 2. The van der Waals surface area contributed by atoms with Gasteiger partial charge in [-0.25, -0.2) is 0 Å². The van der Waals surface area contributed by atoms with Crippen LogP contribution in [0.5, 0.6) is 0 Å². The van der Waals surface area contributed by atoms with Gasteiger partial charge in [0.25, 0.3) is 5.91 Å². The number of carbonyl (C=O) groups is 1. The molecule has 3 aromatic rings. The van der Waals surface area contributed by atoms with E-state index in [1.807, 2.05) is 0 Å². The summed E-state index contributed by atoms with van der Waals surface area (Å²) >= 11 is 3.53. The van der Waals surface area contributed by atoms with Gasteiger partial charge in [0, 0.05) is 21.6 Å². The van der Waals surface area contributed by atoms with Crippen molar-refractivity contribution in [1.29, 1.82) is 0 Å². The number of aryl methyl sites for hydroxylation is 1. The molecule has 1 saturated carbocycles. The number of fused-ring (bicyclic) bond motifs is 1. The van der Waals surface area contributed by atoms with E-state index in [0.717, 1.165) is 39.7 Å². The quantitative estimate of drug-likeness (QED) is 0.578. The molecule has 142 valence electrons. The van der Waals surface area contributed by atoms with Crippen LogP contribution in [0.25, 0.3) is 11.3 Å². The standard InChI is InChI=1S/C23H22BrN3O/c1-14-6-8-15(9-7-14)20-19-21(26-25-20)23(28)27(18-4-2-3-5-18)22(19)16-10-12-17(24)13-11-16/h6-13,18,22H,2-5H2,1H3,(H,25,26). The van der Waals surface area contributed by atoms with Crippen molar-refractivity contribution in [1.82, 2.24) is 15.1 Å². The van der Waals surface area contributed by atoms with Gasteiger partial charge in [0.1, 0.15) is 5.69 Å². The van der Waals surface area contributed by atoms with Crippen LogP contribution in [0.4, 0.5) is 0 Å². The highest BCUT2D eigenvalue weighted by molar-refractivity contribution is 9.10. The monoisotopic (exact) mass is 435 g/mol. The van der Waals surface area contributed by atoms with E-state index in [4.69, 9.17) is 0 Å². The number of carbonyl (C=O) groups excluding carboxylic acids is 1. The van der Waals surface area contributed by atoms with Gasteiger partial charge in [0.2, 0.25) is 0 Å². The number of hydrogen-bond acceptors (Lipinski definition) is 2. The van der Waals surface area contributed by atoms with E-state index in [-0.39, 0.29) is 11.9 Å². The van der Waals surface area contributed by atoms with Crippen molar-refractivity contribution < 1.29 is 4.79 Å². The normalized spacial score (nSPS) is 19.4. The number of benzene rings is 2. The summed E-state index contributed by atoms with van der Waals surface area (Å²) < 4.78 is 1.04. The van der Waals surface area contributed by atoms with Crippen molar-refractivity contribution in [2.75, 3.05) is 0 Å². The number of aromatic nitrogens is 2. The van der Waals surface area contributed by atoms with Gasteiger partial charge in [-0.2, -0.15) is 5.10 Å². The van der Waals surface area contributed by atoms with Crippen molar-refractivity contribution in [2.24, 2.45) is 0 Å². The van der Waals surface area contributed by atoms with Gasteiger partial charge in [-0.05, 0) is 37.5 Å². The van der Waals surface area contributed by atoms with Gasteiger partial charge in [-0.1, -0.05) is 70.7 Å². The molecule has 1 amide bonds. The molecule has 0 radical (unpaired) electrons. The Morgan fingerprint density at radius 3 is 2.39 bits per heavy atom. The van der Waals surface area contributed by atoms with Crippen LogP contribution < -0.4 is 0 Å². The molecular formula is C23H22BrN3O. The van der Waals surface area contributed by atoms with Crippen LogP contribution in [-0.2, 0) is 0 Å². The first-order valence-corrected chi connectivity index (χ1v) is 10.7. The van der Waals surface area contributed by atoms with Gasteiger partial charge in [0.05, 0.1) is 11.7 Å². The fourth-order valence-corrected chi connectivity index (χ4v) is 4.89. The summed E-state index contributed by atoms with van der Waals surface area (Å²) in [5.74, 6) is 0.0840. The largest absolute Gasteiger partial charge is 0.323 e. The van der Waals surface area contributed by atoms with Crippen LogP contribution in [0.1, 0.15) is 58.9 Å². The highest BCUT2D eigenvalue weighted by atomic mass is 79.9. The number of aromatic amines is 1. The predicted octanol–water partition coefficient (Wildman–Crippen LogP) is 5.64. The lowest BCUT2D eigenvalue weighted by Crippen LogP contribution is -2.37. The van der Waals surface area contributed by atoms with Crippen LogP contribution in [0, 0.1) is 6.92 Å². The molecule has 1 N–H and O–H groups in total. The SMILES string of the molecule is Cc1ccc(-c2n[nH]c3c2C(c2ccc(Br)cc2)N(C2CCCC2)C3=O)cc1. The van der Waals surface area contributed by atoms with Crippen LogP contribution in [-0.4, -0.2) is 27.0 Å². The Hall–Kier alpha value is -2.40. The molecule has 0 saturated heterocycles. The Morgan fingerprint density at radius 1 is 1.04 bits per heavy atom. The second-order valence-electron chi connectivity index (χ2n) is 7.83. The molecule has 1 fully saturated rings. The van der Waals surface area contributed by atoms with E-state index in [2.05, 4.69) is 86.5 Å². The lowest BCUT2D eigenvalue weighted by molar-refractivity contribution is 0.0660. The molecule has 0 spiro atoms. The minimum Gasteiger partial charge on any atom is -0.323 e. The number of hydrogen-bond donors (Lipinski definition) is 1. The highest BCUT2D eigenvalue weighted by Crippen LogP contribution is 2.46. The van der Waals surface area contributed by atoms with Crippen LogP contribution >= 0.6 is 15.9 Å². The molecule has 1 aliphatic carbocycles. The zero-order chi connectivity index (χ0) is 19.3. The van der Waals surface area contributed by atoms with Crippen LogP contribution in [0.15, 0.2) is 53.0 Å². The van der Waals surface area contributed by atoms with Gasteiger partial charge in [-0.15, -0.1) is 0 Å². The van der Waals surface area contributed by atoms with Gasteiger partial charge < -0.3 is 4.90 Å². The van der Waals surface area contributed by atoms with E-state index < -0.39 is 0 Å². The molecule has 1 aliphatic heterocycles. The van der Waals surface area contributed by atoms with E-state index >= 15 is 0 Å². The first-order valence-electron chi connectivity index (χ1n) is 9.87. The first kappa shape index (κ1) is 17.7. The summed E-state index contributed by atoms with van der Waals surface area (Å²) in [7, 11) is 0. The molecule has 0 bridgehead atoms. The maximum absolute atomic E-state index is 13.4. The van der Waals surface area contributed by atoms with E-state index in [0.29, 0.717) is 11.7 Å². The molecule has 1 unspecified atom stereocenters. The van der Waals surface area contributed by atoms with Crippen LogP contribution in [0.3, 0.4) is 0 Å². The predicted molar refractivity (Wildman–Crippen MR) is 113 cm³/mol. The molecule has 1 atom stereocenters. The average molecular weight is 436 g/mol. The lowest BCUT2D eigenvalue weighted by atomic mass is 9.95. The lowest BCUT2D eigenvalue weighted by Gasteiger charge is -2.32. The fourth-order valence-electron chi connectivity index (χ4n) is 4.63. The molecule has 4 nitrogen and oxygen atoms in total. The number of amides is 1. The third-order valence-corrected chi connectivity index (χ3v) is 6.56. The summed E-state index contributed by atoms with van der Waals surface area (Å²) in [4.78, 5) is 15.5. The first-order chi connectivity index (χ1) is 13.6. The van der Waals surface area contributed by atoms with Gasteiger partial charge in [0.15, 0.2) is 0 Å². The van der Waals surface area contributed by atoms with Crippen molar-refractivity contribution in [2.45, 2.75) is 44.7 Å². The summed E-state index contributed by atoms with van der Waals surface area (Å²) in [5, 5.41) is 7.62. The Bertz CT molecular complexity index is 1020. The maximum Gasteiger partial charge on any atom is 0.273 e. The van der Waals surface area contributed by atoms with Crippen molar-refractivity contribution in [3.63, 3.8) is 0 Å². The number of rotatable bonds is 3. The van der Waals surface area contributed by atoms with Crippen LogP contribution in [0.2, 0.25) is 0 Å². The molecule has 2 aromatic carbocycles. The van der Waals surface area contributed by atoms with E-state index in [9.17, 15) is 4.79 Å². The number of nitrogens with one attached hydrogen (secondary N) is 1. The number of H-pyrrole nitrogens is 1. The maximum atomic E-state index is 13.4. The minimum absolute atomic E-state index is 0.0840. The molecule has 5 rings (SSSR count). The Kier molecular flexibility index (Phi) is 4.35. The molecule has 2 heterocycles. The van der Waals surface area contributed by atoms with Crippen molar-refractivity contribution >= 4 is 21.8 Å². The summed E-state index contributed by atoms with van der Waals surface area (Å²) in [6, 6.07) is 16.9. The smallest absolute Gasteiger partial charge is 0.273 e. The Balaban J connectivity index is 1.67. The van der Waals surface area contributed by atoms with E-state index in [1.165, 1.54) is 18.4 Å². The van der Waals surface area contributed by atoms with Gasteiger partial charge >= 0.3 is 0 Å². The van der Waals surface area contributed by atoms with E-state index in [1.54, 1.807) is 0 Å². The van der Waals surface area contributed by atoms with Crippen molar-refractivity contribution in [3.8, 4) is 11.3 Å². The molecule has 28 heavy (non-hydrogen) atoms. The fraction of sp³-hybridized carbons (Fsp3) is 0.304. The minimum atomic E-state index is -0.0891. The summed E-state index contributed by atoms with van der Waals surface area (Å²) in [5.41, 5.74) is 5.95. The van der Waals surface area contributed by atoms with Crippen molar-refractivity contribution in [3.05, 3.63) is 75.4 Å². The number of halogens is 1. The summed E-state index contributed by atoms with van der Waals surface area (Å²) in [6.45, 7) is 2.08. The zero-order valence-electron chi connectivity index (χ0n) is 15.8. The summed E-state index contributed by atoms with van der Waals surface area (Å²) in [6.07, 6.45) is 4.55. The molecule has 1 aromatic heterocycles. The van der Waals surface area contributed by atoms with Gasteiger partial charge in [-0.3, -0.25) is 9.89 Å². The zero-order valence-corrected chi connectivity index (χ0v) is 17.4. The molecular weight excluding hydrogens is 414 g/mol. The Morgan fingerprint density at radius 2 is 1.71 bits per heavy atom. The highest BCUT2D eigenvalue weighted by Gasteiger charge is 2.45. The molecule has 2 aliphatic rings. The second kappa shape index (κ2) is 6.89.